The third-order valence-electron chi connectivity index (χ3n) is 3.73. The minimum Gasteiger partial charge on any atom is -0.337 e. The van der Waals surface area contributed by atoms with Crippen LogP contribution in [0.2, 0.25) is 0 Å². The maximum Gasteiger partial charge on any atom is 0.242 e. The van der Waals surface area contributed by atoms with E-state index < -0.39 is 5.54 Å². The molecule has 1 aromatic carbocycles. The van der Waals surface area contributed by atoms with E-state index in [2.05, 4.69) is 11.1 Å². The molecule has 0 unspecified atom stereocenters. The normalized spacial score (nSPS) is 15.5. The predicted molar refractivity (Wildman–Crippen MR) is 91.4 cm³/mol. The highest BCUT2D eigenvalue weighted by Crippen LogP contribution is 2.31. The van der Waals surface area contributed by atoms with Crippen LogP contribution >= 0.6 is 36.2 Å². The fourth-order valence-corrected chi connectivity index (χ4v) is 3.43. The lowest BCUT2D eigenvalue weighted by molar-refractivity contribution is -0.139. The fourth-order valence-electron chi connectivity index (χ4n) is 2.41. The van der Waals surface area contributed by atoms with Crippen molar-refractivity contribution >= 4 is 52.3 Å². The molecule has 1 heterocycles. The van der Waals surface area contributed by atoms with Gasteiger partial charge in [-0.05, 0) is 31.4 Å². The highest BCUT2D eigenvalue weighted by molar-refractivity contribution is 7.18. The van der Waals surface area contributed by atoms with Crippen LogP contribution < -0.4 is 5.73 Å². The van der Waals surface area contributed by atoms with Crippen molar-refractivity contribution in [3.63, 3.8) is 0 Å². The molecule has 0 aliphatic heterocycles. The number of nitrogens with two attached hydrogens (primary N) is 1. The number of hydrogen-bond acceptors (Lipinski definition) is 4. The van der Waals surface area contributed by atoms with Gasteiger partial charge in [0.05, 0.1) is 22.3 Å². The SMILES string of the molecule is CN(Cc1nc2ccccc2s1)C(=O)C1(N)CCC1.Cl.Cl. The van der Waals surface area contributed by atoms with Gasteiger partial charge in [0.2, 0.25) is 5.91 Å². The zero-order valence-corrected chi connectivity index (χ0v) is 14.2. The lowest BCUT2D eigenvalue weighted by atomic mass is 9.77. The molecule has 2 N–H and O–H groups in total. The number of likely N-dealkylation sites (N-methyl/N-ethyl adjacent to an activating group) is 1. The molecule has 1 amide bonds. The molecule has 1 aromatic heterocycles. The third-order valence-corrected chi connectivity index (χ3v) is 4.75. The van der Waals surface area contributed by atoms with Crippen LogP contribution in [0, 0.1) is 0 Å². The van der Waals surface area contributed by atoms with Crippen molar-refractivity contribution in [1.82, 2.24) is 9.88 Å². The molecule has 1 saturated carbocycles. The Morgan fingerprint density at radius 1 is 1.38 bits per heavy atom. The molecule has 2 aromatic rings. The predicted octanol–water partition coefficient (Wildman–Crippen LogP) is 2.98. The number of halogens is 2. The van der Waals surface area contributed by atoms with Crippen LogP contribution in [0.5, 0.6) is 0 Å². The van der Waals surface area contributed by atoms with Gasteiger partial charge in [-0.2, -0.15) is 0 Å². The largest absolute Gasteiger partial charge is 0.337 e. The van der Waals surface area contributed by atoms with Gasteiger partial charge in [-0.1, -0.05) is 12.1 Å². The van der Waals surface area contributed by atoms with E-state index in [9.17, 15) is 4.79 Å². The summed E-state index contributed by atoms with van der Waals surface area (Å²) >= 11 is 1.63. The number of carbonyl (C=O) groups is 1. The third kappa shape index (κ3) is 3.48. The highest BCUT2D eigenvalue weighted by Gasteiger charge is 2.41. The van der Waals surface area contributed by atoms with Crippen molar-refractivity contribution in [2.24, 2.45) is 5.73 Å². The van der Waals surface area contributed by atoms with Crippen molar-refractivity contribution in [1.29, 1.82) is 0 Å². The number of benzene rings is 1. The molecule has 1 aliphatic rings. The Hall–Kier alpha value is -0.880. The molecule has 0 radical (unpaired) electrons. The zero-order valence-electron chi connectivity index (χ0n) is 11.7. The Bertz CT molecular complexity index is 594. The Morgan fingerprint density at radius 2 is 2.05 bits per heavy atom. The molecule has 0 spiro atoms. The van der Waals surface area contributed by atoms with E-state index in [0.29, 0.717) is 6.54 Å². The van der Waals surface area contributed by atoms with Gasteiger partial charge in [0.25, 0.3) is 0 Å². The summed E-state index contributed by atoms with van der Waals surface area (Å²) in [7, 11) is 1.81. The molecule has 1 aliphatic carbocycles. The number of thiazole rings is 1. The molecular weight excluding hydrogens is 329 g/mol. The van der Waals surface area contributed by atoms with Gasteiger partial charge in [0.1, 0.15) is 5.01 Å². The van der Waals surface area contributed by atoms with Gasteiger partial charge >= 0.3 is 0 Å². The average molecular weight is 348 g/mol. The van der Waals surface area contributed by atoms with Gasteiger partial charge in [-0.3, -0.25) is 4.79 Å². The summed E-state index contributed by atoms with van der Waals surface area (Å²) < 4.78 is 1.16. The van der Waals surface area contributed by atoms with E-state index in [0.717, 1.165) is 34.5 Å². The zero-order chi connectivity index (χ0) is 13.5. The van der Waals surface area contributed by atoms with Crippen LogP contribution in [0.3, 0.4) is 0 Å². The number of rotatable bonds is 3. The van der Waals surface area contributed by atoms with E-state index >= 15 is 0 Å². The molecule has 0 saturated heterocycles. The van der Waals surface area contributed by atoms with Gasteiger partial charge in [-0.25, -0.2) is 4.98 Å². The number of para-hydroxylation sites is 1. The van der Waals surface area contributed by atoms with Gasteiger partial charge in [0, 0.05) is 7.05 Å². The van der Waals surface area contributed by atoms with Crippen LogP contribution in [-0.2, 0) is 11.3 Å². The Balaban J connectivity index is 0.00000110. The molecule has 0 atom stereocenters. The lowest BCUT2D eigenvalue weighted by Gasteiger charge is -2.39. The van der Waals surface area contributed by atoms with E-state index in [1.54, 1.807) is 23.3 Å². The van der Waals surface area contributed by atoms with Crippen LogP contribution in [0.4, 0.5) is 0 Å². The van der Waals surface area contributed by atoms with Crippen LogP contribution in [-0.4, -0.2) is 28.4 Å². The van der Waals surface area contributed by atoms with Gasteiger partial charge in [-0.15, -0.1) is 36.2 Å². The number of amides is 1. The first-order valence-electron chi connectivity index (χ1n) is 6.47. The highest BCUT2D eigenvalue weighted by atomic mass is 35.5. The standard InChI is InChI=1S/C14H17N3OS.2ClH/c1-17(13(18)14(15)7-4-8-14)9-12-16-10-5-2-3-6-11(10)19-12;;/h2-3,5-6H,4,7-9,15H2,1H3;2*1H. The molecule has 1 fully saturated rings. The van der Waals surface area contributed by atoms with Crippen LogP contribution in [0.1, 0.15) is 24.3 Å². The number of carbonyl (C=O) groups excluding carboxylic acids is 1. The Kier molecular flexibility index (Phi) is 5.99. The summed E-state index contributed by atoms with van der Waals surface area (Å²) in [5.41, 5.74) is 6.44. The Labute approximate surface area is 140 Å². The molecule has 116 valence electrons. The lowest BCUT2D eigenvalue weighted by Crippen LogP contribution is -2.58. The van der Waals surface area contributed by atoms with Gasteiger partial charge in [0.15, 0.2) is 0 Å². The number of nitrogens with zero attached hydrogens (tertiary/aromatic N) is 2. The summed E-state index contributed by atoms with van der Waals surface area (Å²) in [5.74, 6) is 0.0398. The summed E-state index contributed by atoms with van der Waals surface area (Å²) in [6.45, 7) is 0.539. The number of fused-ring (bicyclic) bond motifs is 1. The second-order valence-electron chi connectivity index (χ2n) is 5.25. The van der Waals surface area contributed by atoms with Crippen molar-refractivity contribution in [2.75, 3.05) is 7.05 Å². The van der Waals surface area contributed by atoms with Crippen molar-refractivity contribution < 1.29 is 4.79 Å². The quantitative estimate of drug-likeness (QED) is 0.928. The molecule has 4 nitrogen and oxygen atoms in total. The maximum atomic E-state index is 12.2. The van der Waals surface area contributed by atoms with Crippen molar-refractivity contribution in [3.05, 3.63) is 29.3 Å². The second kappa shape index (κ2) is 6.92. The van der Waals surface area contributed by atoms with E-state index in [1.807, 2.05) is 18.2 Å². The monoisotopic (exact) mass is 347 g/mol. The van der Waals surface area contributed by atoms with Crippen LogP contribution in [0.15, 0.2) is 24.3 Å². The minimum absolute atomic E-state index is 0. The molecule has 21 heavy (non-hydrogen) atoms. The second-order valence-corrected chi connectivity index (χ2v) is 6.36. The summed E-state index contributed by atoms with van der Waals surface area (Å²) in [5, 5.41) is 0.958. The fraction of sp³-hybridized carbons (Fsp3) is 0.429. The maximum absolute atomic E-state index is 12.2. The summed E-state index contributed by atoms with van der Waals surface area (Å²) in [4.78, 5) is 18.5. The summed E-state index contributed by atoms with van der Waals surface area (Å²) in [6.07, 6.45) is 2.66. The van der Waals surface area contributed by atoms with E-state index in [-0.39, 0.29) is 30.7 Å². The topological polar surface area (TPSA) is 59.2 Å². The van der Waals surface area contributed by atoms with Crippen molar-refractivity contribution in [2.45, 2.75) is 31.3 Å². The average Bonchev–Trinajstić information content (AvgIpc) is 2.77. The number of aromatic nitrogens is 1. The molecule has 0 bridgehead atoms. The minimum atomic E-state index is -0.620. The number of hydrogen-bond donors (Lipinski definition) is 1. The summed E-state index contributed by atoms with van der Waals surface area (Å²) in [6, 6.07) is 8.02. The molecule has 3 rings (SSSR count). The van der Waals surface area contributed by atoms with Gasteiger partial charge < -0.3 is 10.6 Å². The van der Waals surface area contributed by atoms with E-state index in [4.69, 9.17) is 5.73 Å². The first kappa shape index (κ1) is 18.2. The first-order chi connectivity index (χ1) is 9.08. The van der Waals surface area contributed by atoms with Crippen molar-refractivity contribution in [3.8, 4) is 0 Å². The van der Waals surface area contributed by atoms with E-state index in [1.165, 1.54) is 0 Å². The smallest absolute Gasteiger partial charge is 0.242 e. The molecular formula is C14H19Cl2N3OS. The molecule has 7 heteroatoms. The first-order valence-corrected chi connectivity index (χ1v) is 7.29. The van der Waals surface area contributed by atoms with Crippen LogP contribution in [0.25, 0.3) is 10.2 Å². The Morgan fingerprint density at radius 3 is 2.62 bits per heavy atom.